The Hall–Kier alpha value is -3.31. The molecule has 0 aromatic carbocycles. The summed E-state index contributed by atoms with van der Waals surface area (Å²) in [5, 5.41) is 7.75. The SMILES string of the molecule is Cc1nc2ccc(-c3ccn4nc(N[C@@H]5CCN(C6COC6)C[C@@H]5F)nc(N)c34)nc2n1C(C)C. The summed E-state index contributed by atoms with van der Waals surface area (Å²) < 4.78 is 24.0. The van der Waals surface area contributed by atoms with Crippen molar-refractivity contribution in [1.82, 2.24) is 34.0 Å². The van der Waals surface area contributed by atoms with Gasteiger partial charge in [0.2, 0.25) is 5.95 Å². The summed E-state index contributed by atoms with van der Waals surface area (Å²) in [6.45, 7) is 8.81. The number of hydrogen-bond acceptors (Lipinski definition) is 8. The molecule has 2 atom stereocenters. The number of anilines is 2. The lowest BCUT2D eigenvalue weighted by Crippen LogP contribution is -2.57. The van der Waals surface area contributed by atoms with Crippen LogP contribution in [0.1, 0.15) is 32.1 Å². The highest BCUT2D eigenvalue weighted by atomic mass is 19.1. The number of imidazole rings is 1. The van der Waals surface area contributed by atoms with E-state index in [0.29, 0.717) is 49.5 Å². The molecule has 0 amide bonds. The van der Waals surface area contributed by atoms with Crippen molar-refractivity contribution in [1.29, 1.82) is 0 Å². The Morgan fingerprint density at radius 3 is 2.71 bits per heavy atom. The molecule has 0 spiro atoms. The fourth-order valence-electron chi connectivity index (χ4n) is 5.20. The number of nitrogens with zero attached hydrogens (tertiary/aromatic N) is 7. The number of hydrogen-bond donors (Lipinski definition) is 2. The van der Waals surface area contributed by atoms with Gasteiger partial charge >= 0.3 is 0 Å². The zero-order valence-corrected chi connectivity index (χ0v) is 20.1. The van der Waals surface area contributed by atoms with Crippen molar-refractivity contribution in [3.8, 4) is 11.3 Å². The van der Waals surface area contributed by atoms with Crippen molar-refractivity contribution < 1.29 is 9.13 Å². The molecule has 0 aliphatic carbocycles. The van der Waals surface area contributed by atoms with Crippen LogP contribution in [-0.4, -0.2) is 78.6 Å². The predicted molar refractivity (Wildman–Crippen MR) is 132 cm³/mol. The molecule has 2 fully saturated rings. The van der Waals surface area contributed by atoms with E-state index in [2.05, 4.69) is 43.7 Å². The smallest absolute Gasteiger partial charge is 0.243 e. The van der Waals surface area contributed by atoms with Crippen molar-refractivity contribution in [2.75, 3.05) is 37.4 Å². The number of rotatable bonds is 5. The van der Waals surface area contributed by atoms with Gasteiger partial charge in [-0.3, -0.25) is 4.90 Å². The molecule has 3 N–H and O–H groups in total. The first-order chi connectivity index (χ1) is 16.9. The van der Waals surface area contributed by atoms with E-state index < -0.39 is 6.17 Å². The minimum atomic E-state index is -1.02. The Labute approximate surface area is 202 Å². The number of alkyl halides is 1. The van der Waals surface area contributed by atoms with Crippen LogP contribution in [0.25, 0.3) is 27.9 Å². The van der Waals surface area contributed by atoms with Gasteiger partial charge in [-0.05, 0) is 45.4 Å². The number of likely N-dealkylation sites (tertiary alicyclic amines) is 1. The molecule has 6 rings (SSSR count). The van der Waals surface area contributed by atoms with Gasteiger partial charge in [0.1, 0.15) is 23.0 Å². The number of halogens is 1. The molecule has 0 radical (unpaired) electrons. The van der Waals surface area contributed by atoms with Crippen molar-refractivity contribution >= 4 is 28.4 Å². The highest BCUT2D eigenvalue weighted by Gasteiger charge is 2.35. The van der Waals surface area contributed by atoms with Crippen LogP contribution in [0.5, 0.6) is 0 Å². The summed E-state index contributed by atoms with van der Waals surface area (Å²) in [4.78, 5) is 16.2. The van der Waals surface area contributed by atoms with Gasteiger partial charge in [0.15, 0.2) is 11.5 Å². The first-order valence-electron chi connectivity index (χ1n) is 12.1. The Morgan fingerprint density at radius 1 is 1.17 bits per heavy atom. The molecule has 2 aliphatic heterocycles. The van der Waals surface area contributed by atoms with E-state index >= 15 is 0 Å². The molecule has 6 heterocycles. The van der Waals surface area contributed by atoms with Crippen molar-refractivity contribution in [3.05, 3.63) is 30.2 Å². The van der Waals surface area contributed by atoms with E-state index in [4.69, 9.17) is 15.5 Å². The fraction of sp³-hybridized carbons (Fsp3) is 0.500. The summed E-state index contributed by atoms with van der Waals surface area (Å²) in [6.07, 6.45) is 1.48. The minimum Gasteiger partial charge on any atom is -0.382 e. The van der Waals surface area contributed by atoms with Gasteiger partial charge in [-0.15, -0.1) is 5.10 Å². The normalized spacial score (nSPS) is 21.7. The van der Waals surface area contributed by atoms with Gasteiger partial charge in [0, 0.05) is 30.9 Å². The van der Waals surface area contributed by atoms with Crippen LogP contribution in [0.4, 0.5) is 16.2 Å². The van der Waals surface area contributed by atoms with E-state index in [1.165, 1.54) is 0 Å². The van der Waals surface area contributed by atoms with Crippen molar-refractivity contribution in [2.24, 2.45) is 0 Å². The average molecular weight is 480 g/mol. The van der Waals surface area contributed by atoms with E-state index in [-0.39, 0.29) is 12.1 Å². The summed E-state index contributed by atoms with van der Waals surface area (Å²) in [5.41, 5.74) is 10.4. The highest BCUT2D eigenvalue weighted by Crippen LogP contribution is 2.30. The molecule has 35 heavy (non-hydrogen) atoms. The molecule has 0 unspecified atom stereocenters. The number of aryl methyl sites for hydroxylation is 1. The van der Waals surface area contributed by atoms with Gasteiger partial charge in [-0.25, -0.2) is 18.9 Å². The number of pyridine rings is 1. The summed E-state index contributed by atoms with van der Waals surface area (Å²) >= 11 is 0. The number of nitrogens with one attached hydrogen (secondary N) is 1. The Bertz CT molecular complexity index is 1390. The molecule has 4 aromatic rings. The molecule has 0 saturated carbocycles. The third-order valence-electron chi connectivity index (χ3n) is 7.07. The zero-order valence-electron chi connectivity index (χ0n) is 20.1. The van der Waals surface area contributed by atoms with Crippen LogP contribution < -0.4 is 11.1 Å². The summed E-state index contributed by atoms with van der Waals surface area (Å²) in [5.74, 6) is 1.57. The Kier molecular flexibility index (Phi) is 5.33. The van der Waals surface area contributed by atoms with Crippen LogP contribution >= 0.6 is 0 Å². The van der Waals surface area contributed by atoms with Crippen LogP contribution in [0.15, 0.2) is 24.4 Å². The van der Waals surface area contributed by atoms with Crippen molar-refractivity contribution in [2.45, 2.75) is 51.5 Å². The second kappa shape index (κ2) is 8.42. The third kappa shape index (κ3) is 3.79. The number of piperidine rings is 1. The first-order valence-corrected chi connectivity index (χ1v) is 12.1. The number of fused-ring (bicyclic) bond motifs is 2. The minimum absolute atomic E-state index is 0.240. The largest absolute Gasteiger partial charge is 0.382 e. The lowest BCUT2D eigenvalue weighted by Gasteiger charge is -2.42. The lowest BCUT2D eigenvalue weighted by atomic mass is 10.0. The van der Waals surface area contributed by atoms with E-state index in [1.54, 1.807) is 4.52 Å². The average Bonchev–Trinajstić information content (AvgIpc) is 3.34. The fourth-order valence-corrected chi connectivity index (χ4v) is 5.20. The van der Waals surface area contributed by atoms with Gasteiger partial charge in [-0.2, -0.15) is 4.98 Å². The van der Waals surface area contributed by atoms with E-state index in [0.717, 1.165) is 34.8 Å². The molecular weight excluding hydrogens is 449 g/mol. The molecule has 2 saturated heterocycles. The van der Waals surface area contributed by atoms with Crippen LogP contribution in [-0.2, 0) is 4.74 Å². The summed E-state index contributed by atoms with van der Waals surface area (Å²) in [6, 6.07) is 6.06. The van der Waals surface area contributed by atoms with Gasteiger partial charge < -0.3 is 20.4 Å². The van der Waals surface area contributed by atoms with Crippen LogP contribution in [0, 0.1) is 6.92 Å². The monoisotopic (exact) mass is 479 g/mol. The predicted octanol–water partition coefficient (Wildman–Crippen LogP) is 2.84. The number of ether oxygens (including phenoxy) is 1. The van der Waals surface area contributed by atoms with Crippen LogP contribution in [0.2, 0.25) is 0 Å². The molecular formula is C24H30FN9O. The maximum atomic E-state index is 14.9. The number of aromatic nitrogens is 6. The highest BCUT2D eigenvalue weighted by molar-refractivity contribution is 5.88. The molecule has 4 aromatic heterocycles. The molecule has 11 heteroatoms. The molecule has 10 nitrogen and oxygen atoms in total. The second-order valence-corrected chi connectivity index (χ2v) is 9.75. The molecule has 184 valence electrons. The maximum absolute atomic E-state index is 14.9. The van der Waals surface area contributed by atoms with Gasteiger partial charge in [0.25, 0.3) is 0 Å². The number of nitrogens with two attached hydrogens (primary N) is 1. The van der Waals surface area contributed by atoms with Crippen molar-refractivity contribution in [3.63, 3.8) is 0 Å². The molecule has 2 aliphatic rings. The second-order valence-electron chi connectivity index (χ2n) is 9.75. The van der Waals surface area contributed by atoms with Gasteiger partial charge in [-0.1, -0.05) is 0 Å². The van der Waals surface area contributed by atoms with Gasteiger partial charge in [0.05, 0.1) is 31.0 Å². The molecule has 0 bridgehead atoms. The quantitative estimate of drug-likeness (QED) is 0.450. The first kappa shape index (κ1) is 22.2. The summed E-state index contributed by atoms with van der Waals surface area (Å²) in [7, 11) is 0. The Morgan fingerprint density at radius 2 is 2.00 bits per heavy atom. The topological polar surface area (TPSA) is 111 Å². The maximum Gasteiger partial charge on any atom is 0.243 e. The third-order valence-corrected chi connectivity index (χ3v) is 7.07. The van der Waals surface area contributed by atoms with Crippen LogP contribution in [0.3, 0.4) is 0 Å². The lowest BCUT2D eigenvalue weighted by molar-refractivity contribution is -0.0794. The number of nitrogen functional groups attached to an aromatic ring is 1. The zero-order chi connectivity index (χ0) is 24.3. The van der Waals surface area contributed by atoms with E-state index in [1.807, 2.05) is 31.3 Å². The standard InChI is InChI=1S/C24H30FN9O/c1-13(2)34-14(3)27-20-5-4-18(28-23(20)34)16-6-9-33-21(16)22(26)30-24(31-33)29-19-7-8-32(10-17(19)25)15-11-35-12-15/h4-6,9,13,15,17,19H,7-8,10-12H2,1-3H3,(H3,26,29,30,31)/t17-,19+/m0/s1. The Balaban J connectivity index is 1.28. The van der Waals surface area contributed by atoms with E-state index in [9.17, 15) is 4.39 Å².